The molecule has 3 aromatic heterocycles. The molecule has 6 nitrogen and oxygen atoms in total. The van der Waals surface area contributed by atoms with Crippen molar-refractivity contribution in [3.05, 3.63) is 110 Å². The molecule has 3 heterocycles. The van der Waals surface area contributed by atoms with E-state index in [9.17, 15) is 9.59 Å². The van der Waals surface area contributed by atoms with Crippen molar-refractivity contribution in [2.75, 3.05) is 5.32 Å². The molecule has 0 bridgehead atoms. The van der Waals surface area contributed by atoms with Gasteiger partial charge in [-0.3, -0.25) is 9.59 Å². The number of nitrogens with one attached hydrogen (secondary N) is 2. The number of carbonyl (C=O) groups excluding carboxylic acids is 1. The third-order valence-corrected chi connectivity index (χ3v) is 5.34. The summed E-state index contributed by atoms with van der Waals surface area (Å²) in [4.78, 5) is 34.4. The first-order valence-corrected chi connectivity index (χ1v) is 10.8. The van der Waals surface area contributed by atoms with Crippen LogP contribution in [-0.2, 0) is 0 Å². The van der Waals surface area contributed by atoms with Gasteiger partial charge in [-0.1, -0.05) is 71.2 Å². The summed E-state index contributed by atoms with van der Waals surface area (Å²) in [6, 6.07) is 22.8. The van der Waals surface area contributed by atoms with Crippen LogP contribution in [0.4, 0.5) is 5.69 Å². The van der Waals surface area contributed by atoms with E-state index in [-0.39, 0.29) is 21.8 Å². The highest BCUT2D eigenvalue weighted by Gasteiger charge is 2.09. The van der Waals surface area contributed by atoms with Gasteiger partial charge in [0.25, 0.3) is 11.5 Å². The third-order valence-electron chi connectivity index (χ3n) is 4.64. The number of nitrogens with zero attached hydrogens (tertiary/aromatic N) is 2. The SMILES string of the molecule is O=C(Nc1ccc(Cl)nc1Cl)c1ccccc1.O=c1[nH]c2ccc(Cl)nc2c2ccccc12. The summed E-state index contributed by atoms with van der Waals surface area (Å²) in [5, 5.41) is 4.99. The average molecular weight is 498 g/mol. The maximum absolute atomic E-state index is 11.8. The maximum Gasteiger partial charge on any atom is 0.256 e. The van der Waals surface area contributed by atoms with Crippen LogP contribution in [0.25, 0.3) is 21.8 Å². The summed E-state index contributed by atoms with van der Waals surface area (Å²) in [5.74, 6) is -0.239. The van der Waals surface area contributed by atoms with Gasteiger partial charge in [0, 0.05) is 16.3 Å². The van der Waals surface area contributed by atoms with E-state index in [1.54, 1.807) is 54.6 Å². The van der Waals surface area contributed by atoms with Gasteiger partial charge in [-0.05, 0) is 42.5 Å². The van der Waals surface area contributed by atoms with Crippen molar-refractivity contribution < 1.29 is 4.79 Å². The molecule has 164 valence electrons. The molecule has 0 saturated heterocycles. The van der Waals surface area contributed by atoms with Gasteiger partial charge in [-0.15, -0.1) is 0 Å². The molecule has 0 aliphatic heterocycles. The van der Waals surface area contributed by atoms with Gasteiger partial charge in [0.1, 0.15) is 10.3 Å². The Kier molecular flexibility index (Phi) is 6.89. The molecule has 5 rings (SSSR count). The van der Waals surface area contributed by atoms with Crippen LogP contribution in [0.15, 0.2) is 83.7 Å². The van der Waals surface area contributed by atoms with Gasteiger partial charge in [0.2, 0.25) is 0 Å². The van der Waals surface area contributed by atoms with Gasteiger partial charge in [0.15, 0.2) is 5.15 Å². The molecule has 0 unspecified atom stereocenters. The first-order chi connectivity index (χ1) is 15.9. The number of amides is 1. The van der Waals surface area contributed by atoms with E-state index in [1.165, 1.54) is 0 Å². The number of aromatic nitrogens is 3. The van der Waals surface area contributed by atoms with E-state index in [1.807, 2.05) is 24.3 Å². The lowest BCUT2D eigenvalue weighted by Gasteiger charge is -2.06. The minimum atomic E-state index is -0.239. The molecule has 0 fully saturated rings. The van der Waals surface area contributed by atoms with E-state index in [0.29, 0.717) is 27.3 Å². The second kappa shape index (κ2) is 10.0. The predicted molar refractivity (Wildman–Crippen MR) is 134 cm³/mol. The highest BCUT2D eigenvalue weighted by atomic mass is 35.5. The van der Waals surface area contributed by atoms with Crippen molar-refractivity contribution in [2.45, 2.75) is 0 Å². The summed E-state index contributed by atoms with van der Waals surface area (Å²) in [6.45, 7) is 0. The van der Waals surface area contributed by atoms with Crippen LogP contribution in [0.1, 0.15) is 10.4 Å². The molecule has 0 aliphatic rings. The van der Waals surface area contributed by atoms with Gasteiger partial charge in [0.05, 0.1) is 16.7 Å². The van der Waals surface area contributed by atoms with Gasteiger partial charge in [-0.25, -0.2) is 9.97 Å². The van der Waals surface area contributed by atoms with Crippen LogP contribution in [-0.4, -0.2) is 20.9 Å². The number of rotatable bonds is 2. The summed E-state index contributed by atoms with van der Waals surface area (Å²) >= 11 is 17.4. The van der Waals surface area contributed by atoms with Crippen LogP contribution in [0.5, 0.6) is 0 Å². The van der Waals surface area contributed by atoms with E-state index in [0.717, 1.165) is 10.9 Å². The Bertz CT molecular complexity index is 1520. The molecule has 0 radical (unpaired) electrons. The monoisotopic (exact) mass is 496 g/mol. The van der Waals surface area contributed by atoms with Crippen LogP contribution in [0.3, 0.4) is 0 Å². The van der Waals surface area contributed by atoms with Crippen molar-refractivity contribution in [1.29, 1.82) is 0 Å². The molecule has 0 spiro atoms. The van der Waals surface area contributed by atoms with Crippen LogP contribution < -0.4 is 10.9 Å². The molecule has 9 heteroatoms. The Morgan fingerprint density at radius 3 is 2.12 bits per heavy atom. The third kappa shape index (κ3) is 5.31. The lowest BCUT2D eigenvalue weighted by molar-refractivity contribution is 0.102. The quantitative estimate of drug-likeness (QED) is 0.219. The highest BCUT2D eigenvalue weighted by Crippen LogP contribution is 2.22. The zero-order valence-corrected chi connectivity index (χ0v) is 19.1. The summed E-state index contributed by atoms with van der Waals surface area (Å²) < 4.78 is 0. The molecule has 2 N–H and O–H groups in total. The number of fused-ring (bicyclic) bond motifs is 3. The van der Waals surface area contributed by atoms with E-state index in [2.05, 4.69) is 20.3 Å². The standard InChI is InChI=1S/C12H8Cl2N2O.C12H7ClN2O/c13-10-7-6-9(11(14)16-10)15-12(17)8-4-2-1-3-5-8;13-10-6-5-9-11(15-10)7-3-1-2-4-8(7)12(16)14-9/h1-7H,(H,15,17);1-6H,(H,14,16). The predicted octanol–water partition coefficient (Wildman–Crippen LogP) is 6.37. The normalized spacial score (nSPS) is 10.5. The number of anilines is 1. The van der Waals surface area contributed by atoms with Gasteiger partial charge >= 0.3 is 0 Å². The molecular formula is C24H15Cl3N4O2. The number of hydrogen-bond acceptors (Lipinski definition) is 4. The average Bonchev–Trinajstić information content (AvgIpc) is 2.82. The van der Waals surface area contributed by atoms with Gasteiger partial charge < -0.3 is 10.3 Å². The summed E-state index contributed by atoms with van der Waals surface area (Å²) in [7, 11) is 0. The van der Waals surface area contributed by atoms with Crippen molar-refractivity contribution >= 4 is 68.2 Å². The maximum atomic E-state index is 11.8. The lowest BCUT2D eigenvalue weighted by atomic mass is 10.1. The molecule has 0 atom stereocenters. The fraction of sp³-hybridized carbons (Fsp3) is 0. The molecule has 0 aliphatic carbocycles. The number of pyridine rings is 3. The smallest absolute Gasteiger partial charge is 0.256 e. The number of hydrogen-bond donors (Lipinski definition) is 2. The Morgan fingerprint density at radius 1 is 0.758 bits per heavy atom. The largest absolute Gasteiger partial charge is 0.320 e. The number of H-pyrrole nitrogens is 1. The molecule has 33 heavy (non-hydrogen) atoms. The minimum absolute atomic E-state index is 0.104. The topological polar surface area (TPSA) is 87.7 Å². The fourth-order valence-corrected chi connectivity index (χ4v) is 3.65. The molecule has 1 amide bonds. The number of carbonyl (C=O) groups is 1. The zero-order chi connectivity index (χ0) is 23.4. The zero-order valence-electron chi connectivity index (χ0n) is 16.9. The van der Waals surface area contributed by atoms with Crippen LogP contribution >= 0.6 is 34.8 Å². The van der Waals surface area contributed by atoms with Gasteiger partial charge in [-0.2, -0.15) is 0 Å². The Balaban J connectivity index is 0.000000157. The second-order valence-electron chi connectivity index (χ2n) is 6.82. The van der Waals surface area contributed by atoms with Crippen molar-refractivity contribution in [1.82, 2.24) is 15.0 Å². The molecular weight excluding hydrogens is 483 g/mol. The number of aromatic amines is 1. The first kappa shape index (κ1) is 22.7. The number of halogens is 3. The highest BCUT2D eigenvalue weighted by molar-refractivity contribution is 6.34. The molecule has 0 saturated carbocycles. The van der Waals surface area contributed by atoms with Crippen LogP contribution in [0.2, 0.25) is 15.5 Å². The van der Waals surface area contributed by atoms with Crippen molar-refractivity contribution in [3.8, 4) is 0 Å². The molecule has 2 aromatic carbocycles. The second-order valence-corrected chi connectivity index (χ2v) is 7.95. The van der Waals surface area contributed by atoms with Crippen molar-refractivity contribution in [2.24, 2.45) is 0 Å². The minimum Gasteiger partial charge on any atom is -0.320 e. The fourth-order valence-electron chi connectivity index (χ4n) is 3.11. The Hall–Kier alpha value is -3.45. The Morgan fingerprint density at radius 2 is 1.39 bits per heavy atom. The number of benzene rings is 2. The van der Waals surface area contributed by atoms with Crippen molar-refractivity contribution in [3.63, 3.8) is 0 Å². The Labute approximate surface area is 203 Å². The summed E-state index contributed by atoms with van der Waals surface area (Å²) in [5.41, 5.74) is 2.31. The van der Waals surface area contributed by atoms with Crippen LogP contribution in [0, 0.1) is 0 Å². The lowest BCUT2D eigenvalue weighted by Crippen LogP contribution is -2.12. The first-order valence-electron chi connectivity index (χ1n) is 9.68. The van der Waals surface area contributed by atoms with E-state index >= 15 is 0 Å². The summed E-state index contributed by atoms with van der Waals surface area (Å²) in [6.07, 6.45) is 0. The van der Waals surface area contributed by atoms with E-state index in [4.69, 9.17) is 34.8 Å². The van der Waals surface area contributed by atoms with E-state index < -0.39 is 0 Å². The molecule has 5 aromatic rings.